The predicted octanol–water partition coefficient (Wildman–Crippen LogP) is 1.34. The molecule has 1 heterocycles. The van der Waals surface area contributed by atoms with Crippen LogP contribution in [0.5, 0.6) is 0 Å². The number of nitrogens with zero attached hydrogens (tertiary/aromatic N) is 1. The fourth-order valence-electron chi connectivity index (χ4n) is 1.69. The van der Waals surface area contributed by atoms with Gasteiger partial charge in [-0.1, -0.05) is 20.8 Å². The van der Waals surface area contributed by atoms with E-state index in [1.807, 2.05) is 18.7 Å². The Hall–Kier alpha value is -0.620. The van der Waals surface area contributed by atoms with Crippen molar-refractivity contribution in [1.29, 1.82) is 0 Å². The van der Waals surface area contributed by atoms with Crippen LogP contribution in [0.4, 0.5) is 4.79 Å². The highest BCUT2D eigenvalue weighted by atomic mass is 32.2. The lowest BCUT2D eigenvalue weighted by atomic mass is 10.00. The van der Waals surface area contributed by atoms with E-state index in [2.05, 4.69) is 17.0 Å². The van der Waals surface area contributed by atoms with E-state index >= 15 is 0 Å². The summed E-state index contributed by atoms with van der Waals surface area (Å²) in [4.78, 5) is 13.5. The van der Waals surface area contributed by atoms with Gasteiger partial charge in [-0.3, -0.25) is 0 Å². The number of piperidine rings is 1. The fraction of sp³-hybridized carbons (Fsp3) is 0.917. The number of nitrogens with one attached hydrogen (secondary N) is 2. The van der Waals surface area contributed by atoms with E-state index in [-0.39, 0.29) is 6.03 Å². The van der Waals surface area contributed by atoms with Gasteiger partial charge >= 0.3 is 6.03 Å². The molecule has 18 heavy (non-hydrogen) atoms. The highest BCUT2D eigenvalue weighted by Gasteiger charge is 2.19. The summed E-state index contributed by atoms with van der Waals surface area (Å²) in [5.74, 6) is 0.730. The molecule has 0 aromatic carbocycles. The minimum atomic E-state index is -1.00. The Balaban J connectivity index is 0.00000137. The van der Waals surface area contributed by atoms with Gasteiger partial charge in [0.1, 0.15) is 0 Å². The van der Waals surface area contributed by atoms with Crippen LogP contribution in [-0.2, 0) is 11.0 Å². The van der Waals surface area contributed by atoms with Crippen LogP contribution in [0.1, 0.15) is 33.6 Å². The van der Waals surface area contributed by atoms with Gasteiger partial charge < -0.3 is 10.2 Å². The Bertz CT molecular complexity index is 254. The topological polar surface area (TPSA) is 61.4 Å². The summed E-state index contributed by atoms with van der Waals surface area (Å²) in [6, 6.07) is -0.00409. The predicted molar refractivity (Wildman–Crippen MR) is 76.8 cm³/mol. The van der Waals surface area contributed by atoms with Crippen LogP contribution in [0, 0.1) is 5.92 Å². The summed E-state index contributed by atoms with van der Waals surface area (Å²) in [5, 5.41) is 2.81. The molecule has 2 amide bonds. The maximum atomic E-state index is 11.7. The maximum absolute atomic E-state index is 11.7. The molecule has 0 aromatic rings. The normalized spacial score (nSPS) is 17.7. The molecule has 1 unspecified atom stereocenters. The van der Waals surface area contributed by atoms with Gasteiger partial charge in [-0.2, -0.15) is 0 Å². The molecule has 0 bridgehead atoms. The Labute approximate surface area is 113 Å². The average molecular weight is 277 g/mol. The van der Waals surface area contributed by atoms with Gasteiger partial charge in [0, 0.05) is 32.4 Å². The van der Waals surface area contributed by atoms with E-state index < -0.39 is 11.0 Å². The largest absolute Gasteiger partial charge is 0.337 e. The van der Waals surface area contributed by atoms with Crippen LogP contribution in [0.3, 0.4) is 0 Å². The number of likely N-dealkylation sites (tertiary alicyclic amines) is 1. The number of hydrogen-bond acceptors (Lipinski definition) is 2. The van der Waals surface area contributed by atoms with Crippen LogP contribution in [0.15, 0.2) is 0 Å². The summed E-state index contributed by atoms with van der Waals surface area (Å²) in [7, 11) is -1.00. The molecule has 1 saturated heterocycles. The third-order valence-electron chi connectivity index (χ3n) is 2.78. The molecule has 0 spiro atoms. The highest BCUT2D eigenvalue weighted by molar-refractivity contribution is 7.82. The molecule has 0 aliphatic carbocycles. The number of amides is 2. The van der Waals surface area contributed by atoms with Crippen molar-refractivity contribution in [2.24, 2.45) is 5.92 Å². The molecule has 1 atom stereocenters. The lowest BCUT2D eigenvalue weighted by Crippen LogP contribution is -2.45. The molecule has 0 saturated carbocycles. The Kier molecular flexibility index (Phi) is 9.96. The SMILES string of the molecule is CC.CC1CCN(C(=O)NCCNS(C)=O)CC1. The quantitative estimate of drug-likeness (QED) is 0.762. The second-order valence-electron chi connectivity index (χ2n) is 4.25. The van der Waals surface area contributed by atoms with Gasteiger partial charge in [-0.25, -0.2) is 13.7 Å². The fourth-order valence-corrected chi connectivity index (χ4v) is 2.08. The van der Waals surface area contributed by atoms with Crippen molar-refractivity contribution in [3.05, 3.63) is 0 Å². The zero-order chi connectivity index (χ0) is 14.0. The van der Waals surface area contributed by atoms with Crippen LogP contribution in [-0.4, -0.2) is 47.6 Å². The van der Waals surface area contributed by atoms with E-state index in [9.17, 15) is 9.00 Å². The van der Waals surface area contributed by atoms with Crippen molar-refractivity contribution in [2.75, 3.05) is 32.4 Å². The molecular formula is C12H27N3O2S. The monoisotopic (exact) mass is 277 g/mol. The van der Waals surface area contributed by atoms with E-state index in [0.29, 0.717) is 13.1 Å². The van der Waals surface area contributed by atoms with E-state index in [1.54, 1.807) is 6.26 Å². The molecular weight excluding hydrogens is 250 g/mol. The van der Waals surface area contributed by atoms with Gasteiger partial charge in [0.15, 0.2) is 0 Å². The van der Waals surface area contributed by atoms with Crippen molar-refractivity contribution in [3.63, 3.8) is 0 Å². The van der Waals surface area contributed by atoms with Gasteiger partial charge in [0.05, 0.1) is 11.0 Å². The number of hydrogen-bond donors (Lipinski definition) is 2. The van der Waals surface area contributed by atoms with E-state index in [0.717, 1.165) is 31.8 Å². The summed E-state index contributed by atoms with van der Waals surface area (Å²) >= 11 is 0. The van der Waals surface area contributed by atoms with Crippen molar-refractivity contribution in [3.8, 4) is 0 Å². The van der Waals surface area contributed by atoms with Crippen LogP contribution in [0.2, 0.25) is 0 Å². The van der Waals surface area contributed by atoms with Crippen molar-refractivity contribution in [2.45, 2.75) is 33.6 Å². The lowest BCUT2D eigenvalue weighted by Gasteiger charge is -2.30. The second-order valence-corrected chi connectivity index (χ2v) is 5.45. The molecule has 1 aliphatic rings. The van der Waals surface area contributed by atoms with Crippen molar-refractivity contribution >= 4 is 17.0 Å². The first kappa shape index (κ1) is 17.4. The second kappa shape index (κ2) is 10.3. The zero-order valence-electron chi connectivity index (χ0n) is 12.0. The molecule has 1 rings (SSSR count). The molecule has 1 aliphatic heterocycles. The number of urea groups is 1. The van der Waals surface area contributed by atoms with Crippen molar-refractivity contribution in [1.82, 2.24) is 14.9 Å². The Morgan fingerprint density at radius 1 is 1.28 bits per heavy atom. The minimum Gasteiger partial charge on any atom is -0.337 e. The smallest absolute Gasteiger partial charge is 0.317 e. The molecule has 1 fully saturated rings. The minimum absolute atomic E-state index is 0.00409. The van der Waals surface area contributed by atoms with Gasteiger partial charge in [-0.05, 0) is 18.8 Å². The van der Waals surface area contributed by atoms with Crippen LogP contribution >= 0.6 is 0 Å². The van der Waals surface area contributed by atoms with Gasteiger partial charge in [-0.15, -0.1) is 0 Å². The highest BCUT2D eigenvalue weighted by Crippen LogP contribution is 2.15. The standard InChI is InChI=1S/C10H21N3O2S.C2H6/c1-9-3-7-13(8-4-9)10(14)11-5-6-12-16(2)15;1-2/h9,12H,3-8H2,1-2H3,(H,11,14);1-2H3. The van der Waals surface area contributed by atoms with E-state index in [4.69, 9.17) is 0 Å². The molecule has 2 N–H and O–H groups in total. The summed E-state index contributed by atoms with van der Waals surface area (Å²) in [6.07, 6.45) is 3.75. The first-order valence-electron chi connectivity index (χ1n) is 6.69. The summed E-state index contributed by atoms with van der Waals surface area (Å²) < 4.78 is 13.5. The third kappa shape index (κ3) is 7.66. The molecule has 0 aromatic heterocycles. The van der Waals surface area contributed by atoms with Crippen LogP contribution in [0.25, 0.3) is 0 Å². The number of carbonyl (C=O) groups is 1. The first-order chi connectivity index (χ1) is 8.59. The lowest BCUT2D eigenvalue weighted by molar-refractivity contribution is 0.174. The van der Waals surface area contributed by atoms with E-state index in [1.165, 1.54) is 0 Å². The molecule has 5 nitrogen and oxygen atoms in total. The molecule has 0 radical (unpaired) electrons. The Morgan fingerprint density at radius 3 is 2.33 bits per heavy atom. The summed E-state index contributed by atoms with van der Waals surface area (Å²) in [6.45, 7) is 8.97. The van der Waals surface area contributed by atoms with Crippen LogP contribution < -0.4 is 10.0 Å². The van der Waals surface area contributed by atoms with Gasteiger partial charge in [0.2, 0.25) is 0 Å². The summed E-state index contributed by atoms with van der Waals surface area (Å²) in [5.41, 5.74) is 0. The average Bonchev–Trinajstić information content (AvgIpc) is 2.37. The molecule has 6 heteroatoms. The molecule has 108 valence electrons. The Morgan fingerprint density at radius 2 is 1.83 bits per heavy atom. The third-order valence-corrected chi connectivity index (χ3v) is 3.39. The zero-order valence-corrected chi connectivity index (χ0v) is 12.8. The maximum Gasteiger partial charge on any atom is 0.317 e. The first-order valence-corrected chi connectivity index (χ1v) is 8.25. The number of rotatable bonds is 4. The van der Waals surface area contributed by atoms with Crippen molar-refractivity contribution < 1.29 is 9.00 Å². The number of carbonyl (C=O) groups excluding carboxylic acids is 1. The van der Waals surface area contributed by atoms with Gasteiger partial charge in [0.25, 0.3) is 0 Å².